The van der Waals surface area contributed by atoms with Crippen LogP contribution in [0.1, 0.15) is 12.5 Å². The molecule has 7 aromatic rings. The zero-order valence-corrected chi connectivity index (χ0v) is 45.4. The van der Waals surface area contributed by atoms with Gasteiger partial charge in [-0.1, -0.05) is 188 Å². The number of benzene rings is 7. The first-order valence-corrected chi connectivity index (χ1v) is 26.1. The number of ether oxygens (including phenoxy) is 1. The normalized spacial score (nSPS) is 9.54. The van der Waals surface area contributed by atoms with E-state index in [2.05, 4.69) is 199 Å². The summed E-state index contributed by atoms with van der Waals surface area (Å²) in [6.45, 7) is 1.96. The number of hydrogen-bond donors (Lipinski definition) is 0. The van der Waals surface area contributed by atoms with E-state index in [-0.39, 0.29) is 51.3 Å². The molecule has 0 unspecified atom stereocenters. The second-order valence-electron chi connectivity index (χ2n) is 12.2. The summed E-state index contributed by atoms with van der Waals surface area (Å²) in [5.41, 5.74) is 0.514. The topological polar surface area (TPSA) is 69.4 Å². The van der Waals surface area contributed by atoms with Crippen LogP contribution in [0.3, 0.4) is 0 Å². The predicted molar refractivity (Wildman–Crippen MR) is 268 cm³/mol. The number of hydrogen-bond acceptors (Lipinski definition) is 4. The quantitative estimate of drug-likeness (QED) is 0.0289. The zero-order chi connectivity index (χ0) is 52.1. The van der Waals surface area contributed by atoms with E-state index in [0.717, 1.165) is 0 Å². The maximum Gasteiger partial charge on any atom is 0.456 e. The van der Waals surface area contributed by atoms with Gasteiger partial charge in [0.1, 0.15) is 0 Å². The van der Waals surface area contributed by atoms with Gasteiger partial charge in [0.2, 0.25) is 0 Å². The Morgan fingerprint density at radius 1 is 0.431 bits per heavy atom. The Morgan fingerprint density at radius 3 is 0.819 bits per heavy atom. The van der Waals surface area contributed by atoms with E-state index in [1.165, 1.54) is 56.1 Å². The Kier molecular flexibility index (Phi) is 42.2. The number of halogens is 12. The van der Waals surface area contributed by atoms with Gasteiger partial charge in [0.15, 0.2) is 0 Å². The van der Waals surface area contributed by atoms with Crippen LogP contribution >= 0.6 is 51.3 Å². The molecule has 0 bridgehead atoms. The summed E-state index contributed by atoms with van der Waals surface area (Å²) >= 11 is 0. The summed E-state index contributed by atoms with van der Waals surface area (Å²) in [5.74, 6) is 4.21. The minimum absolute atomic E-state index is 0. The maximum absolute atomic E-state index is 10.9. The van der Waals surface area contributed by atoms with Gasteiger partial charge in [-0.05, 0) is 66.7 Å². The molecule has 0 aromatic heterocycles. The van der Waals surface area contributed by atoms with Crippen LogP contribution < -0.4 is 31.8 Å². The summed E-state index contributed by atoms with van der Waals surface area (Å²) < 4.78 is 121. The number of rotatable bonds is 8. The molecule has 0 aliphatic rings. The fraction of sp³-hybridized carbons (Fsp3) is 0.0426. The Morgan fingerprint density at radius 2 is 0.639 bits per heavy atom. The molecule has 388 valence electrons. The smallest absolute Gasteiger partial charge is 0.456 e. The van der Waals surface area contributed by atoms with Crippen LogP contribution in [0.15, 0.2) is 206 Å². The first kappa shape index (κ1) is 70.0. The molecule has 2 radical (unpaired) electrons. The van der Waals surface area contributed by atoms with Crippen molar-refractivity contribution >= 4 is 94.7 Å². The van der Waals surface area contributed by atoms with Gasteiger partial charge < -0.3 is 4.74 Å². The van der Waals surface area contributed by atoms with Gasteiger partial charge in [0, 0.05) is 62.6 Å². The Balaban J connectivity index is 0. The van der Waals surface area contributed by atoms with Crippen molar-refractivity contribution in [3.63, 3.8) is 0 Å². The SMILES string of the molecule is CCOC(=O)C#Cc1ccc([N+](=O)[O-])cc1.FP(F)F.FP(F)F.FP(F)F.FP(F)F.[Rh].[Rh].c1ccc(P(c2ccccc2)c2ccccc2)cc1.c1ccc(P(c2ccccc2)c2ccccc2)cc1. The van der Waals surface area contributed by atoms with E-state index in [1.54, 1.807) is 6.92 Å². The molecule has 7 rings (SSSR count). The van der Waals surface area contributed by atoms with Crippen molar-refractivity contribution in [2.75, 3.05) is 6.61 Å². The Hall–Kier alpha value is -4.04. The van der Waals surface area contributed by atoms with Crippen molar-refractivity contribution in [2.45, 2.75) is 6.92 Å². The number of nitro groups is 1. The Bertz CT molecular complexity index is 2150. The van der Waals surface area contributed by atoms with Gasteiger partial charge in [0.05, 0.1) is 11.5 Å². The summed E-state index contributed by atoms with van der Waals surface area (Å²) in [6.07, 6.45) is 0. The number of nitrogens with zero attached hydrogens (tertiary/aromatic N) is 1. The van der Waals surface area contributed by atoms with Crippen LogP contribution in [0.5, 0.6) is 0 Å². The predicted octanol–water partition coefficient (Wildman–Crippen LogP) is 16.9. The first-order chi connectivity index (χ1) is 33.5. The molecule has 0 atom stereocenters. The number of carbonyl (C=O) groups is 1. The number of esters is 1. The number of nitro benzene ring substituents is 1. The average molecular weight is 1300 g/mol. The molecule has 0 aliphatic carbocycles. The molecular weight excluding hydrogens is 1260 g/mol. The molecule has 0 saturated heterocycles. The van der Waals surface area contributed by atoms with Crippen molar-refractivity contribution in [3.05, 3.63) is 222 Å². The molecule has 5 nitrogen and oxygen atoms in total. The molecule has 0 N–H and O–H groups in total. The van der Waals surface area contributed by atoms with Crippen molar-refractivity contribution in [1.29, 1.82) is 0 Å². The molecule has 7 aromatic carbocycles. The second kappa shape index (κ2) is 43.4. The standard InChI is InChI=1S/2C18H15P.C11H9NO4.4F3P.2Rh/c2*1-4-10-16(11-5-1)19(17-12-6-2-7-13-17)18-14-8-3-9-15-18;1-2-16-11(13)8-5-9-3-6-10(7-4-9)12(14)15;4*1-4(2)3;;/h2*1-15H;3-4,6-7H,2H2,1H3;;;;;;. The molecule has 0 aliphatic heterocycles. The minimum Gasteiger partial charge on any atom is -0.456 e. The Labute approximate surface area is 443 Å². The van der Waals surface area contributed by atoms with Gasteiger partial charge >= 0.3 is 41.4 Å². The van der Waals surface area contributed by atoms with Gasteiger partial charge in [-0.2, -0.15) is 50.4 Å². The summed E-state index contributed by atoms with van der Waals surface area (Å²) in [6, 6.07) is 70.3. The third kappa shape index (κ3) is 34.4. The fourth-order valence-corrected chi connectivity index (χ4v) is 9.92. The van der Waals surface area contributed by atoms with Crippen LogP contribution in [-0.2, 0) is 48.5 Å². The van der Waals surface area contributed by atoms with Crippen molar-refractivity contribution in [3.8, 4) is 11.8 Å². The van der Waals surface area contributed by atoms with Crippen LogP contribution in [0.2, 0.25) is 0 Å². The molecule has 25 heteroatoms. The van der Waals surface area contributed by atoms with Crippen molar-refractivity contribution < 1.29 is 104 Å². The van der Waals surface area contributed by atoms with E-state index >= 15 is 0 Å². The first-order valence-electron chi connectivity index (χ1n) is 19.4. The summed E-state index contributed by atoms with van der Waals surface area (Å²) in [7, 11) is -17.4. The van der Waals surface area contributed by atoms with Crippen LogP contribution in [-0.4, -0.2) is 17.5 Å². The maximum atomic E-state index is 10.9. The minimum atomic E-state index is -4.12. The van der Waals surface area contributed by atoms with Gasteiger partial charge in [-0.3, -0.25) is 10.1 Å². The van der Waals surface area contributed by atoms with Crippen molar-refractivity contribution in [2.24, 2.45) is 0 Å². The molecule has 72 heavy (non-hydrogen) atoms. The molecular formula is C47H39F12NO4P6Rh2. The van der Waals surface area contributed by atoms with Gasteiger partial charge in [0.25, 0.3) is 5.69 Å². The number of non-ortho nitro benzene ring substituents is 1. The molecule has 0 heterocycles. The largest absolute Gasteiger partial charge is 0.456 e. The second-order valence-corrected chi connectivity index (χ2v) is 18.2. The van der Waals surface area contributed by atoms with E-state index in [0.29, 0.717) is 5.56 Å². The molecule has 0 saturated carbocycles. The zero-order valence-electron chi connectivity index (χ0n) is 36.8. The monoisotopic (exact) mass is 1300 g/mol. The number of carbonyl (C=O) groups excluding carboxylic acids is 1. The van der Waals surface area contributed by atoms with Gasteiger partial charge in [-0.25, -0.2) is 4.79 Å². The molecule has 0 amide bonds. The third-order valence-corrected chi connectivity index (χ3v) is 12.6. The van der Waals surface area contributed by atoms with E-state index in [1.807, 2.05) is 0 Å². The molecule has 0 spiro atoms. The van der Waals surface area contributed by atoms with Crippen molar-refractivity contribution in [1.82, 2.24) is 0 Å². The summed E-state index contributed by atoms with van der Waals surface area (Å²) in [5, 5.41) is 18.7. The van der Waals surface area contributed by atoms with E-state index < -0.39 is 62.2 Å². The van der Waals surface area contributed by atoms with Crippen LogP contribution in [0.25, 0.3) is 0 Å². The van der Waals surface area contributed by atoms with E-state index in [4.69, 9.17) is 0 Å². The average Bonchev–Trinajstić information content (AvgIpc) is 3.33. The van der Waals surface area contributed by atoms with Crippen LogP contribution in [0, 0.1) is 22.0 Å². The third-order valence-electron chi connectivity index (χ3n) is 7.75. The van der Waals surface area contributed by atoms with Gasteiger partial charge in [-0.15, -0.1) is 0 Å². The van der Waals surface area contributed by atoms with Crippen LogP contribution in [0.4, 0.5) is 56.1 Å². The molecule has 0 fully saturated rings. The van der Waals surface area contributed by atoms with E-state index in [9.17, 15) is 65.3 Å². The fourth-order valence-electron chi connectivity index (χ4n) is 5.31. The summed E-state index contributed by atoms with van der Waals surface area (Å²) in [4.78, 5) is 20.7.